The number of aromatic nitrogens is 4. The minimum absolute atomic E-state index is 0.139. The van der Waals surface area contributed by atoms with Crippen LogP contribution in [0.1, 0.15) is 85.5 Å². The van der Waals surface area contributed by atoms with Crippen molar-refractivity contribution in [3.63, 3.8) is 0 Å². The Morgan fingerprint density at radius 2 is 1.14 bits per heavy atom. The predicted octanol–water partition coefficient (Wildman–Crippen LogP) is 6.00. The van der Waals surface area contributed by atoms with Crippen LogP contribution in [0.5, 0.6) is 0 Å². The van der Waals surface area contributed by atoms with Crippen LogP contribution in [-0.4, -0.2) is 44.5 Å². The molecule has 12 nitrogen and oxygen atoms in total. The molecular formula is C38H46N10O2. The predicted molar refractivity (Wildman–Crippen MR) is 197 cm³/mol. The van der Waals surface area contributed by atoms with Gasteiger partial charge in [0, 0.05) is 6.54 Å². The van der Waals surface area contributed by atoms with E-state index in [1.54, 1.807) is 12.4 Å². The Morgan fingerprint density at radius 1 is 0.680 bits per heavy atom. The van der Waals surface area contributed by atoms with Crippen LogP contribution in [0, 0.1) is 0 Å². The lowest BCUT2D eigenvalue weighted by Crippen LogP contribution is -2.43. The number of para-hydroxylation sites is 1. The zero-order valence-corrected chi connectivity index (χ0v) is 29.4. The quantitative estimate of drug-likeness (QED) is 0.142. The molecule has 2 aliphatic heterocycles. The van der Waals surface area contributed by atoms with Gasteiger partial charge < -0.3 is 16.1 Å². The Bertz CT molecular complexity index is 1920. The number of amides is 2. The second-order valence-electron chi connectivity index (χ2n) is 13.9. The normalized spacial score (nSPS) is 16.8. The first-order chi connectivity index (χ1) is 23.9. The fourth-order valence-electron chi connectivity index (χ4n) is 6.18. The van der Waals surface area contributed by atoms with Gasteiger partial charge in [0.25, 0.3) is 11.8 Å². The van der Waals surface area contributed by atoms with E-state index in [-0.39, 0.29) is 23.9 Å². The van der Waals surface area contributed by atoms with Crippen LogP contribution in [0.3, 0.4) is 0 Å². The molecule has 4 heterocycles. The average molecular weight is 675 g/mol. The van der Waals surface area contributed by atoms with Crippen LogP contribution >= 0.6 is 0 Å². The molecule has 5 aromatic rings. The van der Waals surface area contributed by atoms with Gasteiger partial charge in [0.05, 0.1) is 47.8 Å². The SMILES string of the molecule is CC1CN(c2ccccc2)Nc2c(C(=O)NC(C)(C)c3ccccc3)cnn21.CC1CNNc2c(C(=O)NC(C)(C)c3ccccc3)cnn21. The number of fused-ring (bicyclic) bond motifs is 2. The average Bonchev–Trinajstić information content (AvgIpc) is 3.76. The Morgan fingerprint density at radius 3 is 1.66 bits per heavy atom. The third-order valence-electron chi connectivity index (χ3n) is 9.12. The molecule has 2 amide bonds. The molecule has 0 spiro atoms. The number of carbonyl (C=O) groups is 2. The summed E-state index contributed by atoms with van der Waals surface area (Å²) >= 11 is 0. The minimum atomic E-state index is -0.493. The van der Waals surface area contributed by atoms with Gasteiger partial charge in [-0.2, -0.15) is 10.2 Å². The number of nitrogens with zero attached hydrogens (tertiary/aromatic N) is 5. The van der Waals surface area contributed by atoms with Gasteiger partial charge in [-0.1, -0.05) is 78.9 Å². The molecule has 0 saturated carbocycles. The molecule has 0 fully saturated rings. The third kappa shape index (κ3) is 7.20. The smallest absolute Gasteiger partial charge is 0.257 e. The van der Waals surface area contributed by atoms with Gasteiger partial charge in [0.15, 0.2) is 11.6 Å². The van der Waals surface area contributed by atoms with E-state index in [0.29, 0.717) is 22.8 Å². The number of carbonyl (C=O) groups excluding carboxylic acids is 2. The van der Waals surface area contributed by atoms with E-state index < -0.39 is 11.1 Å². The van der Waals surface area contributed by atoms with Gasteiger partial charge in [0.2, 0.25) is 0 Å². The maximum atomic E-state index is 13.1. The molecule has 2 unspecified atom stereocenters. The molecule has 2 aliphatic rings. The highest BCUT2D eigenvalue weighted by Crippen LogP contribution is 2.30. The zero-order valence-electron chi connectivity index (χ0n) is 29.4. The summed E-state index contributed by atoms with van der Waals surface area (Å²) < 4.78 is 3.71. The van der Waals surface area contributed by atoms with Gasteiger partial charge in [-0.05, 0) is 64.8 Å². The lowest BCUT2D eigenvalue weighted by molar-refractivity contribution is 0.0903. The highest BCUT2D eigenvalue weighted by Gasteiger charge is 2.31. The number of hydrazine groups is 2. The zero-order chi connectivity index (χ0) is 35.5. The number of nitrogens with one attached hydrogen (secondary N) is 5. The molecule has 0 bridgehead atoms. The number of hydrogen-bond donors (Lipinski definition) is 5. The molecule has 0 aliphatic carbocycles. The fraction of sp³-hybridized carbons (Fsp3) is 0.316. The Balaban J connectivity index is 0.000000178. The second kappa shape index (κ2) is 14.1. The highest BCUT2D eigenvalue weighted by atomic mass is 16.2. The lowest BCUT2D eigenvalue weighted by atomic mass is 9.94. The lowest BCUT2D eigenvalue weighted by Gasteiger charge is -2.35. The summed E-state index contributed by atoms with van der Waals surface area (Å²) in [5.41, 5.74) is 12.8. The summed E-state index contributed by atoms with van der Waals surface area (Å²) in [4.78, 5) is 25.7. The standard InChI is InChI=1S/C22H25N5O.C16H21N5O/c1-16-15-26(18-12-8-5-9-13-18)25-20-19(14-23-27(16)20)21(28)24-22(2,3)17-10-6-4-7-11-17;1-11-9-17-20-14-13(10-18-21(11)14)15(22)19-16(2,3)12-7-5-4-6-8-12/h4-14,16,25H,15H2,1-3H3,(H,24,28);4-8,10-11,17,20H,9H2,1-3H3,(H,19,22). The number of hydrogen-bond acceptors (Lipinski definition) is 8. The van der Waals surface area contributed by atoms with E-state index in [2.05, 4.69) is 56.0 Å². The third-order valence-corrected chi connectivity index (χ3v) is 9.12. The first-order valence-electron chi connectivity index (χ1n) is 16.9. The summed E-state index contributed by atoms with van der Waals surface area (Å²) in [6, 6.07) is 30.3. The number of rotatable bonds is 7. The topological polar surface area (TPSA) is 133 Å². The van der Waals surface area contributed by atoms with Gasteiger partial charge in [0.1, 0.15) is 11.1 Å². The first-order valence-corrected chi connectivity index (χ1v) is 16.9. The Labute approximate surface area is 293 Å². The molecule has 260 valence electrons. The second-order valence-corrected chi connectivity index (χ2v) is 13.9. The van der Waals surface area contributed by atoms with Crippen LogP contribution in [-0.2, 0) is 11.1 Å². The van der Waals surface area contributed by atoms with Crippen molar-refractivity contribution < 1.29 is 9.59 Å². The van der Waals surface area contributed by atoms with E-state index in [0.717, 1.165) is 29.9 Å². The van der Waals surface area contributed by atoms with Crippen molar-refractivity contribution in [2.24, 2.45) is 0 Å². The Hall–Kier alpha value is -5.62. The molecule has 7 rings (SSSR count). The molecule has 2 atom stereocenters. The molecule has 50 heavy (non-hydrogen) atoms. The fourth-order valence-corrected chi connectivity index (χ4v) is 6.18. The van der Waals surface area contributed by atoms with Crippen LogP contribution in [0.2, 0.25) is 0 Å². The van der Waals surface area contributed by atoms with E-state index in [1.807, 2.05) is 128 Å². The van der Waals surface area contributed by atoms with Crippen molar-refractivity contribution in [3.05, 3.63) is 126 Å². The van der Waals surface area contributed by atoms with Gasteiger partial charge in [-0.25, -0.2) is 14.8 Å². The summed E-state index contributed by atoms with van der Waals surface area (Å²) in [5, 5.41) is 17.1. The van der Waals surface area contributed by atoms with Crippen molar-refractivity contribution >= 4 is 29.1 Å². The summed E-state index contributed by atoms with van der Waals surface area (Å²) in [7, 11) is 0. The van der Waals surface area contributed by atoms with E-state index in [1.165, 1.54) is 0 Å². The molecule has 12 heteroatoms. The van der Waals surface area contributed by atoms with E-state index in [9.17, 15) is 9.59 Å². The van der Waals surface area contributed by atoms with Crippen molar-refractivity contribution in [1.82, 2.24) is 35.6 Å². The molecule has 0 saturated heterocycles. The number of anilines is 3. The van der Waals surface area contributed by atoms with Crippen LogP contribution in [0.25, 0.3) is 0 Å². The van der Waals surface area contributed by atoms with Crippen molar-refractivity contribution in [1.29, 1.82) is 0 Å². The van der Waals surface area contributed by atoms with Gasteiger partial charge >= 0.3 is 0 Å². The van der Waals surface area contributed by atoms with Crippen LogP contribution < -0.4 is 31.9 Å². The molecule has 5 N–H and O–H groups in total. The summed E-state index contributed by atoms with van der Waals surface area (Å²) in [6.45, 7) is 13.7. The van der Waals surface area contributed by atoms with Crippen LogP contribution in [0.4, 0.5) is 17.3 Å². The molecular weight excluding hydrogens is 628 g/mol. The molecule has 2 aromatic heterocycles. The monoisotopic (exact) mass is 674 g/mol. The summed E-state index contributed by atoms with van der Waals surface area (Å²) in [6.07, 6.45) is 3.26. The maximum Gasteiger partial charge on any atom is 0.257 e. The van der Waals surface area contributed by atoms with Crippen molar-refractivity contribution in [3.8, 4) is 0 Å². The van der Waals surface area contributed by atoms with Crippen LogP contribution in [0.15, 0.2) is 103 Å². The largest absolute Gasteiger partial charge is 0.343 e. The maximum absolute atomic E-state index is 13.1. The first kappa shape index (κ1) is 34.3. The van der Waals surface area contributed by atoms with Crippen molar-refractivity contribution in [2.45, 2.75) is 64.7 Å². The van der Waals surface area contributed by atoms with E-state index >= 15 is 0 Å². The Kier molecular flexibility index (Phi) is 9.65. The van der Waals surface area contributed by atoms with Crippen molar-refractivity contribution in [2.75, 3.05) is 29.0 Å². The number of benzene rings is 3. The summed E-state index contributed by atoms with van der Waals surface area (Å²) in [5.74, 6) is 1.13. The van der Waals surface area contributed by atoms with E-state index in [4.69, 9.17) is 0 Å². The van der Waals surface area contributed by atoms with Gasteiger partial charge in [-0.15, -0.1) is 0 Å². The molecule has 3 aromatic carbocycles. The molecule has 0 radical (unpaired) electrons. The highest BCUT2D eigenvalue weighted by molar-refractivity contribution is 6.00. The van der Waals surface area contributed by atoms with Gasteiger partial charge in [-0.3, -0.25) is 20.0 Å². The minimum Gasteiger partial charge on any atom is -0.343 e.